The van der Waals surface area contributed by atoms with Crippen molar-refractivity contribution in [3.8, 4) is 0 Å². The summed E-state index contributed by atoms with van der Waals surface area (Å²) in [5.74, 6) is -1.47. The first-order valence-electron chi connectivity index (χ1n) is 6.23. The first-order chi connectivity index (χ1) is 9.47. The molecule has 2 aromatic rings. The second kappa shape index (κ2) is 5.82. The molecule has 0 unspecified atom stereocenters. The predicted octanol–water partition coefficient (Wildman–Crippen LogP) is 3.55. The second-order valence-corrected chi connectivity index (χ2v) is 4.77. The maximum Gasteiger partial charge on any atom is 0.253 e. The van der Waals surface area contributed by atoms with Crippen LogP contribution < -0.4 is 0 Å². The summed E-state index contributed by atoms with van der Waals surface area (Å²) >= 11 is 0. The summed E-state index contributed by atoms with van der Waals surface area (Å²) in [5, 5.41) is 0. The molecule has 0 spiro atoms. The predicted molar refractivity (Wildman–Crippen MR) is 73.3 cm³/mol. The van der Waals surface area contributed by atoms with Crippen molar-refractivity contribution >= 4 is 5.91 Å². The van der Waals surface area contributed by atoms with Gasteiger partial charge in [-0.15, -0.1) is 0 Å². The number of aryl methyl sites for hydroxylation is 1. The van der Waals surface area contributed by atoms with Gasteiger partial charge in [-0.2, -0.15) is 0 Å². The molecule has 0 atom stereocenters. The minimum atomic E-state index is -0.645. The molecule has 20 heavy (non-hydrogen) atoms. The van der Waals surface area contributed by atoms with Crippen LogP contribution in [0, 0.1) is 18.6 Å². The zero-order valence-electron chi connectivity index (χ0n) is 11.4. The lowest BCUT2D eigenvalue weighted by atomic mass is 10.1. The van der Waals surface area contributed by atoms with Gasteiger partial charge in [0.15, 0.2) is 0 Å². The minimum Gasteiger partial charge on any atom is -0.337 e. The van der Waals surface area contributed by atoms with Crippen LogP contribution in [0.15, 0.2) is 42.5 Å². The van der Waals surface area contributed by atoms with Crippen molar-refractivity contribution in [1.29, 1.82) is 0 Å². The topological polar surface area (TPSA) is 20.3 Å². The fourth-order valence-electron chi connectivity index (χ4n) is 1.98. The molecular formula is C16H15F2NO. The molecule has 2 aromatic carbocycles. The lowest BCUT2D eigenvalue weighted by molar-refractivity contribution is 0.0783. The third-order valence-electron chi connectivity index (χ3n) is 3.03. The van der Waals surface area contributed by atoms with E-state index in [4.69, 9.17) is 0 Å². The van der Waals surface area contributed by atoms with Gasteiger partial charge in [-0.05, 0) is 25.1 Å². The number of carbonyl (C=O) groups is 1. The summed E-state index contributed by atoms with van der Waals surface area (Å²) in [6.45, 7) is 2.00. The van der Waals surface area contributed by atoms with E-state index in [-0.39, 0.29) is 18.0 Å². The van der Waals surface area contributed by atoms with Gasteiger partial charge in [0.05, 0.1) is 0 Å². The van der Waals surface area contributed by atoms with Crippen LogP contribution in [-0.4, -0.2) is 17.9 Å². The van der Waals surface area contributed by atoms with Gasteiger partial charge in [-0.1, -0.05) is 23.8 Å². The molecule has 2 rings (SSSR count). The fraction of sp³-hybridized carbons (Fsp3) is 0.188. The SMILES string of the molecule is Cc1cccc(C(=O)N(C)Cc2ccc(F)cc2F)c1. The first kappa shape index (κ1) is 14.2. The van der Waals surface area contributed by atoms with Gasteiger partial charge in [-0.25, -0.2) is 8.78 Å². The van der Waals surface area contributed by atoms with E-state index in [0.29, 0.717) is 5.56 Å². The molecule has 0 N–H and O–H groups in total. The number of nitrogens with zero attached hydrogens (tertiary/aromatic N) is 1. The number of hydrogen-bond acceptors (Lipinski definition) is 1. The van der Waals surface area contributed by atoms with Gasteiger partial charge in [0, 0.05) is 30.8 Å². The Hall–Kier alpha value is -2.23. The minimum absolute atomic E-state index is 0.0961. The molecule has 0 aliphatic carbocycles. The van der Waals surface area contributed by atoms with Crippen LogP contribution >= 0.6 is 0 Å². The summed E-state index contributed by atoms with van der Waals surface area (Å²) in [6, 6.07) is 10.5. The Labute approximate surface area is 116 Å². The Morgan fingerprint density at radius 3 is 2.55 bits per heavy atom. The van der Waals surface area contributed by atoms with Crippen molar-refractivity contribution in [2.75, 3.05) is 7.05 Å². The van der Waals surface area contributed by atoms with Gasteiger partial charge in [-0.3, -0.25) is 4.79 Å². The first-order valence-corrected chi connectivity index (χ1v) is 6.23. The van der Waals surface area contributed by atoms with E-state index in [1.54, 1.807) is 25.2 Å². The number of benzene rings is 2. The molecule has 0 radical (unpaired) electrons. The van der Waals surface area contributed by atoms with Crippen molar-refractivity contribution in [1.82, 2.24) is 4.90 Å². The molecular weight excluding hydrogens is 260 g/mol. The molecule has 104 valence electrons. The number of rotatable bonds is 3. The zero-order valence-corrected chi connectivity index (χ0v) is 11.4. The molecule has 0 aliphatic rings. The maximum atomic E-state index is 13.6. The average molecular weight is 275 g/mol. The quantitative estimate of drug-likeness (QED) is 0.839. The van der Waals surface area contributed by atoms with Crippen LogP contribution in [0.25, 0.3) is 0 Å². The van der Waals surface area contributed by atoms with Crippen molar-refractivity contribution in [2.45, 2.75) is 13.5 Å². The zero-order chi connectivity index (χ0) is 14.7. The van der Waals surface area contributed by atoms with E-state index in [2.05, 4.69) is 0 Å². The monoisotopic (exact) mass is 275 g/mol. The summed E-state index contributed by atoms with van der Waals surface area (Å²) in [7, 11) is 1.59. The van der Waals surface area contributed by atoms with E-state index < -0.39 is 11.6 Å². The van der Waals surface area contributed by atoms with Crippen molar-refractivity contribution in [2.24, 2.45) is 0 Å². The third kappa shape index (κ3) is 3.20. The summed E-state index contributed by atoms with van der Waals surface area (Å²) < 4.78 is 26.4. The third-order valence-corrected chi connectivity index (χ3v) is 3.03. The number of amides is 1. The lowest BCUT2D eigenvalue weighted by Gasteiger charge is -2.18. The smallest absolute Gasteiger partial charge is 0.253 e. The molecule has 4 heteroatoms. The van der Waals surface area contributed by atoms with Crippen LogP contribution in [0.5, 0.6) is 0 Å². The molecule has 0 saturated heterocycles. The standard InChI is InChI=1S/C16H15F2NO/c1-11-4-3-5-12(8-11)16(20)19(2)10-13-6-7-14(17)9-15(13)18/h3-9H,10H2,1-2H3. The van der Waals surface area contributed by atoms with E-state index >= 15 is 0 Å². The van der Waals surface area contributed by atoms with Crippen LogP contribution in [0.2, 0.25) is 0 Å². The van der Waals surface area contributed by atoms with E-state index in [9.17, 15) is 13.6 Å². The van der Waals surface area contributed by atoms with Gasteiger partial charge >= 0.3 is 0 Å². The molecule has 0 heterocycles. The molecule has 0 aromatic heterocycles. The summed E-state index contributed by atoms with van der Waals surface area (Å²) in [5.41, 5.74) is 1.82. The van der Waals surface area contributed by atoms with Crippen molar-refractivity contribution in [3.63, 3.8) is 0 Å². The van der Waals surface area contributed by atoms with Gasteiger partial charge in [0.25, 0.3) is 5.91 Å². The Balaban J connectivity index is 2.15. The van der Waals surface area contributed by atoms with Crippen LogP contribution in [-0.2, 0) is 6.54 Å². The average Bonchev–Trinajstić information content (AvgIpc) is 2.41. The van der Waals surface area contributed by atoms with Gasteiger partial charge < -0.3 is 4.90 Å². The molecule has 2 nitrogen and oxygen atoms in total. The van der Waals surface area contributed by atoms with Gasteiger partial charge in [0.2, 0.25) is 0 Å². The lowest BCUT2D eigenvalue weighted by Crippen LogP contribution is -2.26. The van der Waals surface area contributed by atoms with Crippen LogP contribution in [0.1, 0.15) is 21.5 Å². The number of halogens is 2. The van der Waals surface area contributed by atoms with Crippen LogP contribution in [0.4, 0.5) is 8.78 Å². The molecule has 0 bridgehead atoms. The number of hydrogen-bond donors (Lipinski definition) is 0. The van der Waals surface area contributed by atoms with Crippen molar-refractivity contribution < 1.29 is 13.6 Å². The summed E-state index contributed by atoms with van der Waals surface area (Å²) in [4.78, 5) is 13.6. The second-order valence-electron chi connectivity index (χ2n) is 4.77. The molecule has 1 amide bonds. The largest absolute Gasteiger partial charge is 0.337 e. The normalized spacial score (nSPS) is 10.4. The van der Waals surface area contributed by atoms with Crippen LogP contribution in [0.3, 0.4) is 0 Å². The summed E-state index contributed by atoms with van der Waals surface area (Å²) in [6.07, 6.45) is 0. The Morgan fingerprint density at radius 1 is 1.15 bits per heavy atom. The molecule has 0 saturated carbocycles. The van der Waals surface area contributed by atoms with Gasteiger partial charge in [0.1, 0.15) is 11.6 Å². The maximum absolute atomic E-state index is 13.6. The Kier molecular flexibility index (Phi) is 4.13. The Bertz CT molecular complexity index is 640. The molecule has 0 fully saturated rings. The van der Waals surface area contributed by atoms with Crippen molar-refractivity contribution in [3.05, 3.63) is 70.8 Å². The highest BCUT2D eigenvalue weighted by molar-refractivity contribution is 5.94. The van der Waals surface area contributed by atoms with E-state index in [1.807, 2.05) is 13.0 Å². The number of carbonyl (C=O) groups excluding carboxylic acids is 1. The van der Waals surface area contributed by atoms with E-state index in [1.165, 1.54) is 17.0 Å². The highest BCUT2D eigenvalue weighted by atomic mass is 19.1. The Morgan fingerprint density at radius 2 is 1.90 bits per heavy atom. The highest BCUT2D eigenvalue weighted by Crippen LogP contribution is 2.14. The van der Waals surface area contributed by atoms with E-state index in [0.717, 1.165) is 11.6 Å². The molecule has 0 aliphatic heterocycles. The highest BCUT2D eigenvalue weighted by Gasteiger charge is 2.14. The fourth-order valence-corrected chi connectivity index (χ4v) is 1.98.